The molecule has 24 heavy (non-hydrogen) atoms. The molecule has 0 atom stereocenters. The van der Waals surface area contributed by atoms with Gasteiger partial charge in [0.05, 0.1) is 12.7 Å². The van der Waals surface area contributed by atoms with Crippen molar-refractivity contribution in [2.75, 3.05) is 11.1 Å². The number of furan rings is 1. The fraction of sp³-hybridized carbons (Fsp3) is 0.353. The largest absolute Gasteiger partial charge is 0.464 e. The number of aryl methyl sites for hydroxylation is 1. The summed E-state index contributed by atoms with van der Waals surface area (Å²) in [5.74, 6) is 0.916. The predicted octanol–water partition coefficient (Wildman–Crippen LogP) is 4.67. The Bertz CT molecular complexity index is 841. The zero-order valence-corrected chi connectivity index (χ0v) is 15.3. The highest BCUT2D eigenvalue weighted by Gasteiger charge is 2.13. The lowest BCUT2D eigenvalue weighted by molar-refractivity contribution is -0.115. The van der Waals surface area contributed by atoms with E-state index in [-0.39, 0.29) is 12.3 Å². The van der Waals surface area contributed by atoms with Crippen LogP contribution < -0.4 is 5.32 Å². The van der Waals surface area contributed by atoms with Crippen molar-refractivity contribution >= 4 is 45.1 Å². The van der Waals surface area contributed by atoms with Crippen LogP contribution in [0, 0.1) is 6.92 Å². The Labute approximate surface area is 148 Å². The van der Waals surface area contributed by atoms with Crippen molar-refractivity contribution in [1.29, 1.82) is 0 Å². The first-order valence-electron chi connectivity index (χ1n) is 7.88. The lowest BCUT2D eigenvalue weighted by Gasteiger charge is -2.00. The Morgan fingerprint density at radius 1 is 1.38 bits per heavy atom. The molecule has 0 bridgehead atoms. The Hall–Kier alpha value is -1.86. The van der Waals surface area contributed by atoms with E-state index in [1.807, 2.05) is 25.1 Å². The van der Waals surface area contributed by atoms with Crippen LogP contribution in [0.1, 0.15) is 30.9 Å². The molecule has 5 nitrogen and oxygen atoms in total. The van der Waals surface area contributed by atoms with Gasteiger partial charge in [0.15, 0.2) is 4.34 Å². The van der Waals surface area contributed by atoms with Crippen LogP contribution in [0.4, 0.5) is 5.13 Å². The minimum Gasteiger partial charge on any atom is -0.464 e. The van der Waals surface area contributed by atoms with Crippen molar-refractivity contribution in [3.05, 3.63) is 35.6 Å². The summed E-state index contributed by atoms with van der Waals surface area (Å²) in [5, 5.41) is 12.5. The van der Waals surface area contributed by atoms with Gasteiger partial charge in [0.25, 0.3) is 0 Å². The minimum absolute atomic E-state index is 0.112. The van der Waals surface area contributed by atoms with Gasteiger partial charge in [-0.25, -0.2) is 0 Å². The van der Waals surface area contributed by atoms with Crippen LogP contribution in [0.2, 0.25) is 0 Å². The number of carbonyl (C=O) groups excluding carboxylic acids is 1. The lowest BCUT2D eigenvalue weighted by Crippen LogP contribution is -2.13. The van der Waals surface area contributed by atoms with E-state index in [4.69, 9.17) is 4.42 Å². The number of nitrogens with one attached hydrogen (secondary N) is 1. The third-order valence-corrected chi connectivity index (χ3v) is 5.60. The molecule has 0 spiro atoms. The highest BCUT2D eigenvalue weighted by Crippen LogP contribution is 2.27. The molecule has 1 N–H and O–H groups in total. The molecule has 2 heterocycles. The zero-order chi connectivity index (χ0) is 16.9. The van der Waals surface area contributed by atoms with Gasteiger partial charge in [-0.1, -0.05) is 48.6 Å². The van der Waals surface area contributed by atoms with Crippen molar-refractivity contribution in [3.63, 3.8) is 0 Å². The second-order valence-electron chi connectivity index (χ2n) is 5.56. The van der Waals surface area contributed by atoms with E-state index in [2.05, 4.69) is 22.4 Å². The summed E-state index contributed by atoms with van der Waals surface area (Å²) in [6.45, 7) is 4.17. The molecule has 0 aliphatic heterocycles. The molecule has 1 aromatic carbocycles. The Morgan fingerprint density at radius 2 is 2.25 bits per heavy atom. The number of hydrogen-bond acceptors (Lipinski definition) is 6. The van der Waals surface area contributed by atoms with Crippen LogP contribution in [-0.2, 0) is 11.2 Å². The SMILES string of the molecule is CCCCSc1nnc(NC(=O)Cc2coc3cc(C)ccc23)s1. The number of unbranched alkanes of at least 4 members (excludes halogenated alkanes) is 1. The summed E-state index contributed by atoms with van der Waals surface area (Å²) in [5.41, 5.74) is 2.82. The molecule has 0 aliphatic carbocycles. The number of hydrogen-bond donors (Lipinski definition) is 1. The van der Waals surface area contributed by atoms with Crippen molar-refractivity contribution in [2.24, 2.45) is 0 Å². The molecule has 0 saturated heterocycles. The van der Waals surface area contributed by atoms with Crippen LogP contribution in [0.15, 0.2) is 33.2 Å². The minimum atomic E-state index is -0.112. The Morgan fingerprint density at radius 3 is 3.08 bits per heavy atom. The van der Waals surface area contributed by atoms with E-state index < -0.39 is 0 Å². The molecular weight excluding hydrogens is 342 g/mol. The molecule has 0 fully saturated rings. The van der Waals surface area contributed by atoms with E-state index in [1.54, 1.807) is 18.0 Å². The molecule has 2 aromatic heterocycles. The maximum absolute atomic E-state index is 12.2. The summed E-state index contributed by atoms with van der Waals surface area (Å²) in [4.78, 5) is 12.2. The first-order valence-corrected chi connectivity index (χ1v) is 9.69. The number of benzene rings is 1. The van der Waals surface area contributed by atoms with Gasteiger partial charge < -0.3 is 9.73 Å². The average Bonchev–Trinajstić information content (AvgIpc) is 3.15. The first-order chi connectivity index (χ1) is 11.7. The van der Waals surface area contributed by atoms with Crippen LogP contribution in [-0.4, -0.2) is 21.9 Å². The van der Waals surface area contributed by atoms with Gasteiger partial charge in [-0.15, -0.1) is 10.2 Å². The number of carbonyl (C=O) groups is 1. The lowest BCUT2D eigenvalue weighted by atomic mass is 10.1. The summed E-state index contributed by atoms with van der Waals surface area (Å²) < 4.78 is 6.42. The molecule has 3 aromatic rings. The quantitative estimate of drug-likeness (QED) is 0.376. The van der Waals surface area contributed by atoms with E-state index in [9.17, 15) is 4.79 Å². The van der Waals surface area contributed by atoms with Gasteiger partial charge in [-0.3, -0.25) is 4.79 Å². The summed E-state index contributed by atoms with van der Waals surface area (Å²) >= 11 is 3.10. The Balaban J connectivity index is 1.60. The fourth-order valence-corrected chi connectivity index (χ4v) is 4.21. The van der Waals surface area contributed by atoms with Gasteiger partial charge in [0.1, 0.15) is 5.58 Å². The second kappa shape index (κ2) is 7.81. The maximum Gasteiger partial charge on any atom is 0.230 e. The van der Waals surface area contributed by atoms with E-state index in [1.165, 1.54) is 11.3 Å². The van der Waals surface area contributed by atoms with E-state index >= 15 is 0 Å². The monoisotopic (exact) mass is 361 g/mol. The molecule has 3 rings (SSSR count). The predicted molar refractivity (Wildman–Crippen MR) is 98.8 cm³/mol. The van der Waals surface area contributed by atoms with Crippen LogP contribution in [0.5, 0.6) is 0 Å². The number of nitrogens with zero attached hydrogens (tertiary/aromatic N) is 2. The summed E-state index contributed by atoms with van der Waals surface area (Å²) in [6, 6.07) is 5.98. The van der Waals surface area contributed by atoms with Crippen LogP contribution in [0.25, 0.3) is 11.0 Å². The van der Waals surface area contributed by atoms with Gasteiger partial charge in [0.2, 0.25) is 11.0 Å². The molecule has 126 valence electrons. The smallest absolute Gasteiger partial charge is 0.230 e. The highest BCUT2D eigenvalue weighted by molar-refractivity contribution is 8.01. The van der Waals surface area contributed by atoms with Gasteiger partial charge in [-0.05, 0) is 25.0 Å². The van der Waals surface area contributed by atoms with Crippen LogP contribution in [0.3, 0.4) is 0 Å². The first kappa shape index (κ1) is 17.0. The summed E-state index contributed by atoms with van der Waals surface area (Å²) in [6.07, 6.45) is 4.22. The molecule has 1 amide bonds. The van der Waals surface area contributed by atoms with E-state index in [0.29, 0.717) is 5.13 Å². The molecule has 0 saturated carbocycles. The average molecular weight is 361 g/mol. The second-order valence-corrected chi connectivity index (χ2v) is 7.88. The van der Waals surface area contributed by atoms with Crippen molar-refractivity contribution in [2.45, 2.75) is 37.4 Å². The fourth-order valence-electron chi connectivity index (χ4n) is 2.29. The number of anilines is 1. The maximum atomic E-state index is 12.2. The molecule has 7 heteroatoms. The normalized spacial score (nSPS) is 11.1. The number of aromatic nitrogens is 2. The van der Waals surface area contributed by atoms with Gasteiger partial charge in [-0.2, -0.15) is 0 Å². The van der Waals surface area contributed by atoms with Crippen molar-refractivity contribution < 1.29 is 9.21 Å². The van der Waals surface area contributed by atoms with Crippen molar-refractivity contribution in [1.82, 2.24) is 10.2 Å². The molecule has 0 aliphatic rings. The highest BCUT2D eigenvalue weighted by atomic mass is 32.2. The van der Waals surface area contributed by atoms with Crippen LogP contribution >= 0.6 is 23.1 Å². The summed E-state index contributed by atoms with van der Waals surface area (Å²) in [7, 11) is 0. The third-order valence-electron chi connectivity index (χ3n) is 3.54. The zero-order valence-electron chi connectivity index (χ0n) is 13.7. The number of rotatable bonds is 7. The van der Waals surface area contributed by atoms with Gasteiger partial charge in [0, 0.05) is 16.7 Å². The van der Waals surface area contributed by atoms with Gasteiger partial charge >= 0.3 is 0 Å². The number of amides is 1. The van der Waals surface area contributed by atoms with E-state index in [0.717, 1.165) is 45.0 Å². The number of thioether (sulfide) groups is 1. The Kier molecular flexibility index (Phi) is 5.52. The molecular formula is C17H19N3O2S2. The topological polar surface area (TPSA) is 68.0 Å². The molecule has 0 unspecified atom stereocenters. The third kappa shape index (κ3) is 4.15. The number of fused-ring (bicyclic) bond motifs is 1. The van der Waals surface area contributed by atoms with Crippen molar-refractivity contribution in [3.8, 4) is 0 Å². The molecule has 0 radical (unpaired) electrons. The standard InChI is InChI=1S/C17H19N3O2S2/c1-3-4-7-23-17-20-19-16(24-17)18-15(21)9-12-10-22-14-8-11(2)5-6-13(12)14/h5-6,8,10H,3-4,7,9H2,1-2H3,(H,18,19,21).